The molecule has 1 rings (SSSR count). The lowest BCUT2D eigenvalue weighted by atomic mass is 9.98. The Morgan fingerprint density at radius 1 is 1.33 bits per heavy atom. The van der Waals surface area contributed by atoms with Gasteiger partial charge in [0.05, 0.1) is 0 Å². The SMILES string of the molecule is O=C[C@H](CC[N+](=O)[O-])Cc1ccccc1. The third-order valence-corrected chi connectivity index (χ3v) is 2.22. The predicted molar refractivity (Wildman–Crippen MR) is 56.2 cm³/mol. The van der Waals surface area contributed by atoms with Gasteiger partial charge in [0.2, 0.25) is 6.54 Å². The molecule has 0 aliphatic carbocycles. The van der Waals surface area contributed by atoms with Gasteiger partial charge < -0.3 is 4.79 Å². The van der Waals surface area contributed by atoms with Crippen LogP contribution >= 0.6 is 0 Å². The Morgan fingerprint density at radius 3 is 2.53 bits per heavy atom. The van der Waals surface area contributed by atoms with Gasteiger partial charge in [-0.2, -0.15) is 0 Å². The highest BCUT2D eigenvalue weighted by Gasteiger charge is 2.11. The first-order valence-corrected chi connectivity index (χ1v) is 4.83. The first-order chi connectivity index (χ1) is 7.22. The van der Waals surface area contributed by atoms with Crippen molar-refractivity contribution in [2.24, 2.45) is 5.92 Å². The summed E-state index contributed by atoms with van der Waals surface area (Å²) in [4.78, 5) is 20.5. The van der Waals surface area contributed by atoms with Crippen LogP contribution in [-0.2, 0) is 11.2 Å². The molecule has 0 aromatic heterocycles. The van der Waals surface area contributed by atoms with Gasteiger partial charge >= 0.3 is 0 Å². The summed E-state index contributed by atoms with van der Waals surface area (Å²) in [5.41, 5.74) is 1.04. The number of hydrogen-bond acceptors (Lipinski definition) is 3. The largest absolute Gasteiger partial charge is 0.303 e. The van der Waals surface area contributed by atoms with Crippen LogP contribution in [0.25, 0.3) is 0 Å². The minimum absolute atomic E-state index is 0.143. The molecule has 15 heavy (non-hydrogen) atoms. The van der Waals surface area contributed by atoms with Crippen molar-refractivity contribution in [2.75, 3.05) is 6.54 Å². The van der Waals surface area contributed by atoms with Crippen LogP contribution in [0.3, 0.4) is 0 Å². The van der Waals surface area contributed by atoms with E-state index in [0.29, 0.717) is 12.8 Å². The Bertz CT molecular complexity index is 324. The van der Waals surface area contributed by atoms with Gasteiger partial charge in [0.1, 0.15) is 6.29 Å². The lowest BCUT2D eigenvalue weighted by Crippen LogP contribution is -2.12. The second kappa shape index (κ2) is 5.90. The molecule has 0 aliphatic heterocycles. The van der Waals surface area contributed by atoms with Crippen LogP contribution < -0.4 is 0 Å². The van der Waals surface area contributed by atoms with Crippen molar-refractivity contribution in [3.63, 3.8) is 0 Å². The molecule has 4 heteroatoms. The summed E-state index contributed by atoms with van der Waals surface area (Å²) in [5, 5.41) is 10.2. The predicted octanol–water partition coefficient (Wildman–Crippen LogP) is 1.71. The third kappa shape index (κ3) is 4.35. The van der Waals surface area contributed by atoms with Crippen molar-refractivity contribution in [3.05, 3.63) is 46.0 Å². The molecule has 80 valence electrons. The van der Waals surface area contributed by atoms with Gasteiger partial charge in [0.25, 0.3) is 0 Å². The van der Waals surface area contributed by atoms with E-state index in [1.54, 1.807) is 0 Å². The molecule has 0 amide bonds. The summed E-state index contributed by atoms with van der Waals surface area (Å²) in [6.07, 6.45) is 1.69. The molecule has 0 radical (unpaired) electrons. The Labute approximate surface area is 88.1 Å². The van der Waals surface area contributed by atoms with E-state index in [4.69, 9.17) is 0 Å². The number of aldehydes is 1. The third-order valence-electron chi connectivity index (χ3n) is 2.22. The van der Waals surface area contributed by atoms with Gasteiger partial charge in [-0.1, -0.05) is 30.3 Å². The summed E-state index contributed by atoms with van der Waals surface area (Å²) in [5.74, 6) is -0.252. The van der Waals surface area contributed by atoms with Gasteiger partial charge in [0.15, 0.2) is 0 Å². The van der Waals surface area contributed by atoms with E-state index >= 15 is 0 Å². The number of benzene rings is 1. The second-order valence-corrected chi connectivity index (χ2v) is 3.43. The van der Waals surface area contributed by atoms with Crippen LogP contribution in [0, 0.1) is 16.0 Å². The highest BCUT2D eigenvalue weighted by atomic mass is 16.6. The topological polar surface area (TPSA) is 60.2 Å². The highest BCUT2D eigenvalue weighted by molar-refractivity contribution is 5.54. The molecule has 0 aliphatic rings. The van der Waals surface area contributed by atoms with E-state index in [2.05, 4.69) is 0 Å². The minimum atomic E-state index is -0.387. The van der Waals surface area contributed by atoms with Gasteiger partial charge in [-0.3, -0.25) is 10.1 Å². The number of hydrogen-bond donors (Lipinski definition) is 0. The number of nitrogens with zero attached hydrogens (tertiary/aromatic N) is 1. The average molecular weight is 207 g/mol. The van der Waals surface area contributed by atoms with Crippen LogP contribution in [0.15, 0.2) is 30.3 Å². The zero-order valence-electron chi connectivity index (χ0n) is 8.33. The molecule has 1 atom stereocenters. The monoisotopic (exact) mass is 207 g/mol. The number of carbonyl (C=O) groups excluding carboxylic acids is 1. The van der Waals surface area contributed by atoms with Crippen LogP contribution in [0.2, 0.25) is 0 Å². The minimum Gasteiger partial charge on any atom is -0.303 e. The molecule has 0 saturated carbocycles. The molecule has 1 aromatic rings. The van der Waals surface area contributed by atoms with E-state index < -0.39 is 0 Å². The molecule has 0 heterocycles. The number of nitro groups is 1. The molecule has 0 unspecified atom stereocenters. The maximum atomic E-state index is 10.7. The molecule has 4 nitrogen and oxygen atoms in total. The molecular formula is C11H13NO3. The van der Waals surface area contributed by atoms with E-state index in [-0.39, 0.29) is 17.4 Å². The maximum absolute atomic E-state index is 10.7. The Morgan fingerprint density at radius 2 is 2.00 bits per heavy atom. The number of rotatable bonds is 6. The molecule has 0 saturated heterocycles. The smallest absolute Gasteiger partial charge is 0.204 e. The lowest BCUT2D eigenvalue weighted by Gasteiger charge is -2.07. The van der Waals surface area contributed by atoms with Crippen LogP contribution in [0.1, 0.15) is 12.0 Å². The molecule has 0 N–H and O–H groups in total. The van der Waals surface area contributed by atoms with Crippen molar-refractivity contribution in [3.8, 4) is 0 Å². The van der Waals surface area contributed by atoms with Crippen molar-refractivity contribution >= 4 is 6.29 Å². The van der Waals surface area contributed by atoms with E-state index in [1.165, 1.54) is 0 Å². The number of carbonyl (C=O) groups is 1. The lowest BCUT2D eigenvalue weighted by molar-refractivity contribution is -0.481. The van der Waals surface area contributed by atoms with Crippen molar-refractivity contribution in [1.29, 1.82) is 0 Å². The first-order valence-electron chi connectivity index (χ1n) is 4.83. The molecule has 0 bridgehead atoms. The van der Waals surface area contributed by atoms with E-state index in [0.717, 1.165) is 11.8 Å². The second-order valence-electron chi connectivity index (χ2n) is 3.43. The van der Waals surface area contributed by atoms with Crippen molar-refractivity contribution in [1.82, 2.24) is 0 Å². The van der Waals surface area contributed by atoms with Gasteiger partial charge in [-0.15, -0.1) is 0 Å². The zero-order chi connectivity index (χ0) is 11.1. The Hall–Kier alpha value is -1.71. The molecule has 0 fully saturated rings. The molecular weight excluding hydrogens is 194 g/mol. The highest BCUT2D eigenvalue weighted by Crippen LogP contribution is 2.10. The van der Waals surface area contributed by atoms with Crippen molar-refractivity contribution < 1.29 is 9.72 Å². The molecule has 1 aromatic carbocycles. The quantitative estimate of drug-likeness (QED) is 0.405. The molecule has 0 spiro atoms. The van der Waals surface area contributed by atoms with Crippen LogP contribution in [-0.4, -0.2) is 17.8 Å². The summed E-state index contributed by atoms with van der Waals surface area (Å²) in [7, 11) is 0. The van der Waals surface area contributed by atoms with Crippen molar-refractivity contribution in [2.45, 2.75) is 12.8 Å². The normalized spacial score (nSPS) is 12.0. The first kappa shape index (κ1) is 11.4. The average Bonchev–Trinajstić information content (AvgIpc) is 2.25. The Kier molecular flexibility index (Phi) is 4.47. The Balaban J connectivity index is 2.47. The fourth-order valence-corrected chi connectivity index (χ4v) is 1.41. The van der Waals surface area contributed by atoms with Gasteiger partial charge in [0, 0.05) is 17.3 Å². The standard InChI is InChI=1S/C11H13NO3/c13-9-11(6-7-12(14)15)8-10-4-2-1-3-5-10/h1-5,9,11H,6-8H2/t11-/m1/s1. The van der Waals surface area contributed by atoms with Gasteiger partial charge in [-0.25, -0.2) is 0 Å². The van der Waals surface area contributed by atoms with Gasteiger partial charge in [-0.05, 0) is 12.0 Å². The zero-order valence-corrected chi connectivity index (χ0v) is 8.33. The summed E-state index contributed by atoms with van der Waals surface area (Å²) >= 11 is 0. The van der Waals surface area contributed by atoms with E-state index in [9.17, 15) is 14.9 Å². The fraction of sp³-hybridized carbons (Fsp3) is 0.364. The van der Waals surface area contributed by atoms with E-state index in [1.807, 2.05) is 30.3 Å². The fourth-order valence-electron chi connectivity index (χ4n) is 1.41. The summed E-state index contributed by atoms with van der Waals surface area (Å²) in [6.45, 7) is -0.143. The van der Waals surface area contributed by atoms with Crippen LogP contribution in [0.5, 0.6) is 0 Å². The maximum Gasteiger partial charge on any atom is 0.204 e. The summed E-state index contributed by atoms with van der Waals surface area (Å²) in [6, 6.07) is 9.52. The summed E-state index contributed by atoms with van der Waals surface area (Å²) < 4.78 is 0. The van der Waals surface area contributed by atoms with Crippen LogP contribution in [0.4, 0.5) is 0 Å².